The van der Waals surface area contributed by atoms with Crippen molar-refractivity contribution in [2.75, 3.05) is 0 Å². The Labute approximate surface area is 170 Å². The van der Waals surface area contributed by atoms with Gasteiger partial charge in [0, 0.05) is 40.3 Å². The van der Waals surface area contributed by atoms with Crippen LogP contribution in [0.25, 0.3) is 0 Å². The number of amides is 1. The van der Waals surface area contributed by atoms with E-state index in [0.717, 1.165) is 29.7 Å². The summed E-state index contributed by atoms with van der Waals surface area (Å²) in [7, 11) is 0. The number of carbonyl (C=O) groups is 1. The number of fused-ring (bicyclic) bond motifs is 3. The van der Waals surface area contributed by atoms with Gasteiger partial charge in [-0.3, -0.25) is 4.79 Å². The third-order valence-corrected chi connectivity index (χ3v) is 9.22. The molecule has 146 valence electrons. The van der Waals surface area contributed by atoms with Crippen LogP contribution in [-0.2, 0) is 13.0 Å². The van der Waals surface area contributed by atoms with E-state index >= 15 is 0 Å². The van der Waals surface area contributed by atoms with Gasteiger partial charge in [0.2, 0.25) is 0 Å². The van der Waals surface area contributed by atoms with Gasteiger partial charge in [0.15, 0.2) is 0 Å². The maximum Gasteiger partial charge on any atom is 0.252 e. The van der Waals surface area contributed by atoms with Crippen molar-refractivity contribution >= 4 is 21.8 Å². The van der Waals surface area contributed by atoms with Crippen LogP contribution in [0, 0.1) is 22.7 Å². The third-order valence-electron chi connectivity index (χ3n) is 8.58. The number of halogens is 1. The SMILES string of the molecule is C[C@H]1CC[C@H]2C(C)(C)CC(Br)C[C@]23Oc2c(ccc4c2CNC4=O)C[C@]13C. The Kier molecular flexibility index (Phi) is 3.69. The molecule has 0 aromatic heterocycles. The molecule has 1 unspecified atom stereocenters. The lowest BCUT2D eigenvalue weighted by molar-refractivity contribution is -0.208. The van der Waals surface area contributed by atoms with Crippen molar-refractivity contribution in [3.63, 3.8) is 0 Å². The van der Waals surface area contributed by atoms with E-state index in [1.807, 2.05) is 6.07 Å². The van der Waals surface area contributed by atoms with Gasteiger partial charge in [0.25, 0.3) is 5.91 Å². The van der Waals surface area contributed by atoms with Gasteiger partial charge < -0.3 is 10.1 Å². The topological polar surface area (TPSA) is 38.3 Å². The standard InChI is InChI=1S/C23H30BrNO2/c1-13-5-8-18-21(2,3)10-15(24)11-23(18)22(13,4)9-14-6-7-16-17(19(14)27-23)12-25-20(16)26/h6-7,13,15,18H,5,8-12H2,1-4H3,(H,25,26)/t13-,15?,18-,22+,23-/m0/s1. The summed E-state index contributed by atoms with van der Waals surface area (Å²) in [6.45, 7) is 10.4. The highest BCUT2D eigenvalue weighted by atomic mass is 79.9. The Morgan fingerprint density at radius 3 is 2.74 bits per heavy atom. The van der Waals surface area contributed by atoms with E-state index < -0.39 is 0 Å². The minimum atomic E-state index is -0.158. The molecule has 3 nitrogen and oxygen atoms in total. The number of hydrogen-bond donors (Lipinski definition) is 1. The van der Waals surface area contributed by atoms with Gasteiger partial charge in [-0.2, -0.15) is 0 Å². The van der Waals surface area contributed by atoms with Crippen molar-refractivity contribution in [2.45, 2.75) is 76.8 Å². The highest BCUT2D eigenvalue weighted by molar-refractivity contribution is 9.09. The summed E-state index contributed by atoms with van der Waals surface area (Å²) in [5, 5.41) is 2.99. The zero-order valence-electron chi connectivity index (χ0n) is 16.8. The maximum atomic E-state index is 12.2. The number of rotatable bonds is 0. The molecule has 5 rings (SSSR count). The van der Waals surface area contributed by atoms with E-state index in [0.29, 0.717) is 23.2 Å². The van der Waals surface area contributed by atoms with Gasteiger partial charge >= 0.3 is 0 Å². The second-order valence-corrected chi connectivity index (χ2v) is 11.7. The van der Waals surface area contributed by atoms with Gasteiger partial charge in [0.1, 0.15) is 11.4 Å². The fourth-order valence-corrected chi connectivity index (χ4v) is 8.34. The highest BCUT2D eigenvalue weighted by Crippen LogP contribution is 2.66. The van der Waals surface area contributed by atoms with Gasteiger partial charge in [-0.05, 0) is 48.6 Å². The molecule has 1 spiro atoms. The highest BCUT2D eigenvalue weighted by Gasteiger charge is 2.67. The lowest BCUT2D eigenvalue weighted by atomic mass is 9.44. The Bertz CT molecular complexity index is 834. The maximum absolute atomic E-state index is 12.2. The summed E-state index contributed by atoms with van der Waals surface area (Å²) < 4.78 is 7.18. The first-order valence-corrected chi connectivity index (χ1v) is 11.4. The fraction of sp³-hybridized carbons (Fsp3) is 0.696. The van der Waals surface area contributed by atoms with Crippen LogP contribution < -0.4 is 10.1 Å². The molecule has 2 fully saturated rings. The van der Waals surface area contributed by atoms with Gasteiger partial charge in [-0.15, -0.1) is 0 Å². The number of alkyl halides is 1. The average Bonchev–Trinajstić information content (AvgIpc) is 2.95. The largest absolute Gasteiger partial charge is 0.486 e. The molecule has 1 aromatic rings. The molecule has 2 aliphatic heterocycles. The molecular formula is C23H30BrNO2. The molecule has 27 heavy (non-hydrogen) atoms. The quantitative estimate of drug-likeness (QED) is 0.570. The Balaban J connectivity index is 1.72. The molecule has 0 bridgehead atoms. The summed E-state index contributed by atoms with van der Waals surface area (Å²) in [4.78, 5) is 12.7. The van der Waals surface area contributed by atoms with E-state index in [2.05, 4.69) is 55.0 Å². The van der Waals surface area contributed by atoms with Crippen molar-refractivity contribution in [3.8, 4) is 5.75 Å². The monoisotopic (exact) mass is 431 g/mol. The molecule has 1 aromatic carbocycles. The Morgan fingerprint density at radius 1 is 1.19 bits per heavy atom. The van der Waals surface area contributed by atoms with Gasteiger partial charge in [-0.1, -0.05) is 49.7 Å². The number of carbonyl (C=O) groups excluding carboxylic acids is 1. The average molecular weight is 432 g/mol. The Morgan fingerprint density at radius 2 is 1.96 bits per heavy atom. The van der Waals surface area contributed by atoms with E-state index in [1.165, 1.54) is 24.8 Å². The minimum Gasteiger partial charge on any atom is -0.486 e. The predicted molar refractivity (Wildman–Crippen MR) is 110 cm³/mol. The summed E-state index contributed by atoms with van der Waals surface area (Å²) in [6.07, 6.45) is 5.84. The lowest BCUT2D eigenvalue weighted by Crippen LogP contribution is -2.69. The lowest BCUT2D eigenvalue weighted by Gasteiger charge is -2.67. The van der Waals surface area contributed by atoms with Crippen LogP contribution in [0.1, 0.15) is 74.9 Å². The normalized spacial score (nSPS) is 41.5. The molecular weight excluding hydrogens is 402 g/mol. The summed E-state index contributed by atoms with van der Waals surface area (Å²) in [5.41, 5.74) is 3.39. The number of ether oxygens (including phenoxy) is 1. The van der Waals surface area contributed by atoms with Crippen LogP contribution >= 0.6 is 15.9 Å². The molecule has 1 amide bonds. The van der Waals surface area contributed by atoms with Crippen molar-refractivity contribution in [2.24, 2.45) is 22.7 Å². The number of hydrogen-bond acceptors (Lipinski definition) is 2. The second kappa shape index (κ2) is 5.52. The zero-order chi connectivity index (χ0) is 19.2. The molecule has 2 heterocycles. The van der Waals surface area contributed by atoms with E-state index in [9.17, 15) is 4.79 Å². The van der Waals surface area contributed by atoms with Crippen LogP contribution in [-0.4, -0.2) is 16.3 Å². The molecule has 4 heteroatoms. The Hall–Kier alpha value is -1.03. The van der Waals surface area contributed by atoms with Crippen LogP contribution in [0.5, 0.6) is 5.75 Å². The zero-order valence-corrected chi connectivity index (χ0v) is 18.4. The van der Waals surface area contributed by atoms with E-state index in [4.69, 9.17) is 4.74 Å². The van der Waals surface area contributed by atoms with Crippen molar-refractivity contribution in [1.29, 1.82) is 0 Å². The molecule has 2 aliphatic carbocycles. The molecule has 0 radical (unpaired) electrons. The van der Waals surface area contributed by atoms with Gasteiger partial charge in [0.05, 0.1) is 0 Å². The smallest absolute Gasteiger partial charge is 0.252 e. The first kappa shape index (κ1) is 18.0. The van der Waals surface area contributed by atoms with Crippen LogP contribution in [0.15, 0.2) is 12.1 Å². The first-order valence-electron chi connectivity index (χ1n) is 10.4. The summed E-state index contributed by atoms with van der Waals surface area (Å²) in [5.74, 6) is 2.23. The van der Waals surface area contributed by atoms with Crippen LogP contribution in [0.3, 0.4) is 0 Å². The van der Waals surface area contributed by atoms with Crippen LogP contribution in [0.4, 0.5) is 0 Å². The third kappa shape index (κ3) is 2.22. The van der Waals surface area contributed by atoms with Crippen molar-refractivity contribution < 1.29 is 9.53 Å². The summed E-state index contributed by atoms with van der Waals surface area (Å²) in [6, 6.07) is 4.15. The first-order chi connectivity index (χ1) is 12.7. The molecule has 4 aliphatic rings. The van der Waals surface area contributed by atoms with Crippen molar-refractivity contribution in [1.82, 2.24) is 5.32 Å². The predicted octanol–water partition coefficient (Wildman–Crippen LogP) is 5.24. The summed E-state index contributed by atoms with van der Waals surface area (Å²) >= 11 is 3.99. The molecule has 5 atom stereocenters. The fourth-order valence-electron chi connectivity index (χ4n) is 7.02. The molecule has 2 saturated carbocycles. The number of benzene rings is 1. The van der Waals surface area contributed by atoms with Crippen molar-refractivity contribution in [3.05, 3.63) is 28.8 Å². The van der Waals surface area contributed by atoms with E-state index in [-0.39, 0.29) is 22.3 Å². The second-order valence-electron chi connectivity index (χ2n) is 10.4. The minimum absolute atomic E-state index is 0.0399. The van der Waals surface area contributed by atoms with Crippen LogP contribution in [0.2, 0.25) is 0 Å². The molecule has 0 saturated heterocycles. The van der Waals surface area contributed by atoms with Gasteiger partial charge in [-0.25, -0.2) is 0 Å². The van der Waals surface area contributed by atoms with E-state index in [1.54, 1.807) is 0 Å². The molecule has 1 N–H and O–H groups in total. The number of nitrogens with one attached hydrogen (secondary N) is 1.